The summed E-state index contributed by atoms with van der Waals surface area (Å²) in [7, 11) is 0. The molecule has 1 atom stereocenters. The molecule has 1 heterocycles. The summed E-state index contributed by atoms with van der Waals surface area (Å²) >= 11 is 0. The Labute approximate surface area is 193 Å². The number of hydrogen-bond acceptors (Lipinski definition) is 6. The first kappa shape index (κ1) is 25.7. The lowest BCUT2D eigenvalue weighted by Gasteiger charge is -2.15. The second-order valence-electron chi connectivity index (χ2n) is 7.06. The third-order valence-electron chi connectivity index (χ3n) is 4.65. The molecule has 0 radical (unpaired) electrons. The molecule has 1 saturated heterocycles. The minimum Gasteiger partial charge on any atom is -0.442 e. The number of hydrogen-bond donors (Lipinski definition) is 2. The summed E-state index contributed by atoms with van der Waals surface area (Å²) in [6.45, 7) is 8.62. The molecule has 1 aliphatic heterocycles. The van der Waals surface area contributed by atoms with E-state index >= 15 is 0 Å². The molecule has 1 aliphatic rings. The van der Waals surface area contributed by atoms with E-state index in [1.807, 2.05) is 32.9 Å². The summed E-state index contributed by atoms with van der Waals surface area (Å²) < 4.78 is 20.1. The molecule has 3 N–H and O–H groups in total. The fourth-order valence-electron chi connectivity index (χ4n) is 3.16. The minimum atomic E-state index is -0.571. The molecule has 2 amide bonds. The Morgan fingerprint density at radius 3 is 2.58 bits per heavy atom. The van der Waals surface area contributed by atoms with Gasteiger partial charge in [-0.1, -0.05) is 43.3 Å². The maximum atomic E-state index is 14.8. The van der Waals surface area contributed by atoms with Crippen molar-refractivity contribution in [1.29, 1.82) is 0 Å². The van der Waals surface area contributed by atoms with E-state index in [1.54, 1.807) is 24.3 Å². The highest BCUT2D eigenvalue weighted by Gasteiger charge is 2.32. The van der Waals surface area contributed by atoms with Gasteiger partial charge in [0.05, 0.1) is 31.9 Å². The molecule has 10 heteroatoms. The van der Waals surface area contributed by atoms with Crippen molar-refractivity contribution in [3.8, 4) is 11.1 Å². The first-order chi connectivity index (χ1) is 15.9. The highest BCUT2D eigenvalue weighted by atomic mass is 19.1. The number of anilines is 1. The molecule has 2 aromatic rings. The lowest BCUT2D eigenvalue weighted by atomic mass is 10.0. The molecule has 0 saturated carbocycles. The van der Waals surface area contributed by atoms with E-state index in [0.29, 0.717) is 29.9 Å². The van der Waals surface area contributed by atoms with Crippen LogP contribution in [0.4, 0.5) is 14.9 Å². The fraction of sp³-hybridized carbons (Fsp3) is 0.391. The van der Waals surface area contributed by atoms with Gasteiger partial charge in [0.1, 0.15) is 11.9 Å². The number of carbonyl (C=O) groups is 2. The van der Waals surface area contributed by atoms with Gasteiger partial charge in [-0.25, -0.2) is 20.1 Å². The highest BCUT2D eigenvalue weighted by molar-refractivity contribution is 5.90. The van der Waals surface area contributed by atoms with Gasteiger partial charge in [0.15, 0.2) is 0 Å². The molecule has 1 fully saturated rings. The molecule has 0 unspecified atom stereocenters. The second kappa shape index (κ2) is 12.5. The largest absolute Gasteiger partial charge is 0.442 e. The first-order valence-electron chi connectivity index (χ1n) is 10.9. The highest BCUT2D eigenvalue weighted by Crippen LogP contribution is 2.29. The smallest absolute Gasteiger partial charge is 0.414 e. The zero-order valence-corrected chi connectivity index (χ0v) is 19.4. The van der Waals surface area contributed by atoms with Crippen molar-refractivity contribution in [3.63, 3.8) is 0 Å². The number of cyclic esters (lactones) is 1. The predicted octanol–water partition coefficient (Wildman–Crippen LogP) is 4.04. The zero-order valence-electron chi connectivity index (χ0n) is 19.4. The zero-order chi connectivity index (χ0) is 24.4. The van der Waals surface area contributed by atoms with Crippen LogP contribution in [-0.4, -0.2) is 42.9 Å². The van der Waals surface area contributed by atoms with Crippen molar-refractivity contribution in [1.82, 2.24) is 10.4 Å². The molecule has 0 aliphatic carbocycles. The van der Waals surface area contributed by atoms with Gasteiger partial charge in [-0.3, -0.25) is 9.69 Å². The van der Waals surface area contributed by atoms with Crippen LogP contribution in [0, 0.1) is 5.82 Å². The van der Waals surface area contributed by atoms with Gasteiger partial charge in [-0.15, -0.1) is 0 Å². The fourth-order valence-corrected chi connectivity index (χ4v) is 3.16. The molecule has 0 spiro atoms. The van der Waals surface area contributed by atoms with Crippen LogP contribution >= 0.6 is 0 Å². The Morgan fingerprint density at radius 2 is 1.97 bits per heavy atom. The number of nitrogens with two attached hydrogens (primary N) is 1. The lowest BCUT2D eigenvalue weighted by Crippen LogP contribution is -2.33. The van der Waals surface area contributed by atoms with Crippen molar-refractivity contribution in [2.24, 2.45) is 16.2 Å². The average Bonchev–Trinajstić information content (AvgIpc) is 3.19. The summed E-state index contributed by atoms with van der Waals surface area (Å²) in [5.41, 5.74) is 2.41. The monoisotopic (exact) mass is 458 g/mol. The number of rotatable bonds is 8. The molecule has 0 bridgehead atoms. The van der Waals surface area contributed by atoms with Gasteiger partial charge < -0.3 is 10.1 Å². The van der Waals surface area contributed by atoms with E-state index in [1.165, 1.54) is 23.0 Å². The molecule has 178 valence electrons. The Kier molecular flexibility index (Phi) is 9.74. The van der Waals surface area contributed by atoms with E-state index in [-0.39, 0.29) is 19.0 Å². The van der Waals surface area contributed by atoms with Crippen LogP contribution < -0.4 is 16.1 Å². The lowest BCUT2D eigenvalue weighted by molar-refractivity contribution is -0.119. The van der Waals surface area contributed by atoms with Gasteiger partial charge in [-0.05, 0) is 36.2 Å². The Balaban J connectivity index is 0.00000187. The number of amides is 2. The topological polar surface area (TPSA) is 113 Å². The number of carbonyl (C=O) groups excluding carboxylic acids is 2. The van der Waals surface area contributed by atoms with Gasteiger partial charge in [0, 0.05) is 12.5 Å². The molecule has 9 nitrogen and oxygen atoms in total. The van der Waals surface area contributed by atoms with Crippen LogP contribution in [0.2, 0.25) is 0 Å². The molecule has 0 aromatic heterocycles. The number of benzene rings is 2. The van der Waals surface area contributed by atoms with Gasteiger partial charge in [0.25, 0.3) is 0 Å². The summed E-state index contributed by atoms with van der Waals surface area (Å²) in [5.74, 6) is 5.08. The number of ether oxygens (including phenoxy) is 1. The van der Waals surface area contributed by atoms with E-state index < -0.39 is 18.0 Å². The van der Waals surface area contributed by atoms with Crippen LogP contribution in [0.5, 0.6) is 0 Å². The molecule has 2 aromatic carbocycles. The van der Waals surface area contributed by atoms with E-state index in [2.05, 4.69) is 15.7 Å². The van der Waals surface area contributed by atoms with E-state index in [0.717, 1.165) is 5.56 Å². The Morgan fingerprint density at radius 1 is 1.27 bits per heavy atom. The maximum absolute atomic E-state index is 14.8. The van der Waals surface area contributed by atoms with E-state index in [9.17, 15) is 14.0 Å². The SMILES string of the molecule is CC.CCN=NN(N)Cc1ccc(-c2ccc(N3C[C@H](CNC(C)=O)OC3=O)cc2F)cc1. The molecular weight excluding hydrogens is 427 g/mol. The van der Waals surface area contributed by atoms with Crippen molar-refractivity contribution in [3.05, 3.63) is 53.8 Å². The molecule has 33 heavy (non-hydrogen) atoms. The van der Waals surface area contributed by atoms with Gasteiger partial charge >= 0.3 is 6.09 Å². The quantitative estimate of drug-likeness (QED) is 0.352. The molecule has 3 rings (SSSR count). The maximum Gasteiger partial charge on any atom is 0.414 e. The van der Waals surface area contributed by atoms with Crippen LogP contribution in [0.3, 0.4) is 0 Å². The summed E-state index contributed by atoms with van der Waals surface area (Å²) in [4.78, 5) is 24.5. The van der Waals surface area contributed by atoms with Crippen molar-refractivity contribution in [2.45, 2.75) is 40.3 Å². The summed E-state index contributed by atoms with van der Waals surface area (Å²) in [6, 6.07) is 11.9. The van der Waals surface area contributed by atoms with Crippen molar-refractivity contribution in [2.75, 3.05) is 24.5 Å². The van der Waals surface area contributed by atoms with Crippen LogP contribution in [0.15, 0.2) is 52.8 Å². The van der Waals surface area contributed by atoms with Gasteiger partial charge in [-0.2, -0.15) is 5.11 Å². The second-order valence-corrected chi connectivity index (χ2v) is 7.06. The van der Waals surface area contributed by atoms with Crippen LogP contribution in [0.25, 0.3) is 11.1 Å². The number of nitrogens with zero attached hydrogens (tertiary/aromatic N) is 4. The number of hydrazine groups is 1. The van der Waals surface area contributed by atoms with Crippen molar-refractivity contribution >= 4 is 17.7 Å². The standard InChI is InChI=1S/C21H25FN6O3.C2H6/c1-3-25-26-28(23)12-15-4-6-16(7-5-15)19-9-8-17(10-20(19)22)27-13-18(31-21(27)30)11-24-14(2)29;1-2/h4-10,18H,3,11-13,23H2,1-2H3,(H,24,29);1-2H3/t18-;/m0./s1. The number of halogens is 1. The first-order valence-corrected chi connectivity index (χ1v) is 10.9. The minimum absolute atomic E-state index is 0.208. The normalized spacial score (nSPS) is 15.2. The third kappa shape index (κ3) is 7.25. The Bertz CT molecular complexity index is 967. The van der Waals surface area contributed by atoms with Crippen molar-refractivity contribution < 1.29 is 18.7 Å². The predicted molar refractivity (Wildman–Crippen MR) is 125 cm³/mol. The average molecular weight is 459 g/mol. The summed E-state index contributed by atoms with van der Waals surface area (Å²) in [6.07, 6.45) is -1.05. The van der Waals surface area contributed by atoms with E-state index in [4.69, 9.17) is 10.6 Å². The molecular formula is C23H31FN6O3. The third-order valence-corrected chi connectivity index (χ3v) is 4.65. The number of nitrogens with one attached hydrogen (secondary N) is 1. The van der Waals surface area contributed by atoms with Gasteiger partial charge in [0.2, 0.25) is 5.91 Å². The summed E-state index contributed by atoms with van der Waals surface area (Å²) in [5, 5.41) is 11.5. The van der Waals surface area contributed by atoms with Crippen LogP contribution in [0.1, 0.15) is 33.3 Å². The van der Waals surface area contributed by atoms with Crippen LogP contribution in [-0.2, 0) is 16.1 Å². The Hall–Kier alpha value is -3.53.